The number of esters is 1. The van der Waals surface area contributed by atoms with E-state index in [1.807, 2.05) is 6.92 Å². The van der Waals surface area contributed by atoms with Gasteiger partial charge in [-0.25, -0.2) is 4.79 Å². The van der Waals surface area contributed by atoms with Gasteiger partial charge in [0.25, 0.3) is 0 Å². The second-order valence-electron chi connectivity index (χ2n) is 4.10. The first kappa shape index (κ1) is 15.0. The second kappa shape index (κ2) is 6.77. The van der Waals surface area contributed by atoms with Crippen LogP contribution in [0.15, 0.2) is 0 Å². The van der Waals surface area contributed by atoms with E-state index in [0.29, 0.717) is 30.6 Å². The lowest BCUT2D eigenvalue weighted by atomic mass is 10.2. The number of hydrogen-bond acceptors (Lipinski definition) is 5. The third-order valence-electron chi connectivity index (χ3n) is 2.75. The van der Waals surface area contributed by atoms with Gasteiger partial charge in [-0.05, 0) is 12.8 Å². The predicted octanol–water partition coefficient (Wildman–Crippen LogP) is 0.248. The molecule has 0 aliphatic heterocycles. The van der Waals surface area contributed by atoms with Crippen LogP contribution >= 0.6 is 0 Å². The van der Waals surface area contributed by atoms with Gasteiger partial charge in [-0.1, -0.05) is 6.92 Å². The van der Waals surface area contributed by atoms with Gasteiger partial charge < -0.3 is 15.8 Å². The van der Waals surface area contributed by atoms with Crippen LogP contribution in [0.5, 0.6) is 0 Å². The number of nitrogen functional groups attached to an aromatic ring is 1. The fourth-order valence-corrected chi connectivity index (χ4v) is 1.69. The lowest BCUT2D eigenvalue weighted by molar-refractivity contribution is -0.120. The van der Waals surface area contributed by atoms with Gasteiger partial charge in [0.05, 0.1) is 18.0 Å². The third kappa shape index (κ3) is 3.70. The van der Waals surface area contributed by atoms with Crippen molar-refractivity contribution in [2.75, 3.05) is 19.4 Å². The zero-order valence-corrected chi connectivity index (χ0v) is 11.5. The van der Waals surface area contributed by atoms with Crippen molar-refractivity contribution in [2.45, 2.75) is 26.2 Å². The Hall–Kier alpha value is -2.05. The molecule has 0 atom stereocenters. The summed E-state index contributed by atoms with van der Waals surface area (Å²) in [5.74, 6) is -0.589. The van der Waals surface area contributed by atoms with Crippen LogP contribution in [0.4, 0.5) is 5.69 Å². The van der Waals surface area contributed by atoms with Crippen molar-refractivity contribution >= 4 is 17.6 Å². The summed E-state index contributed by atoms with van der Waals surface area (Å²) in [5, 5.41) is 6.65. The molecule has 7 heteroatoms. The molecule has 7 nitrogen and oxygen atoms in total. The minimum absolute atomic E-state index is 0.0793. The molecule has 19 heavy (non-hydrogen) atoms. The largest absolute Gasteiger partial charge is 0.461 e. The van der Waals surface area contributed by atoms with Crippen LogP contribution in [-0.4, -0.2) is 35.3 Å². The Balaban J connectivity index is 2.54. The Bertz CT molecular complexity index is 468. The minimum Gasteiger partial charge on any atom is -0.461 e. The van der Waals surface area contributed by atoms with Gasteiger partial charge in [0.2, 0.25) is 5.91 Å². The van der Waals surface area contributed by atoms with Crippen LogP contribution in [0.25, 0.3) is 0 Å². The van der Waals surface area contributed by atoms with Gasteiger partial charge in [0.15, 0.2) is 5.69 Å². The van der Waals surface area contributed by atoms with E-state index in [2.05, 4.69) is 10.4 Å². The molecule has 0 fully saturated rings. The zero-order chi connectivity index (χ0) is 14.4. The molecule has 0 aromatic carbocycles. The molecule has 0 bridgehead atoms. The highest BCUT2D eigenvalue weighted by Gasteiger charge is 2.20. The fraction of sp³-hybridized carbons (Fsp3) is 0.583. The van der Waals surface area contributed by atoms with Gasteiger partial charge in [-0.3, -0.25) is 9.48 Å². The predicted molar refractivity (Wildman–Crippen MR) is 70.6 cm³/mol. The number of carbonyl (C=O) groups excluding carboxylic acids is 2. The monoisotopic (exact) mass is 268 g/mol. The highest BCUT2D eigenvalue weighted by atomic mass is 16.5. The summed E-state index contributed by atoms with van der Waals surface area (Å²) >= 11 is 0. The Morgan fingerprint density at radius 3 is 2.68 bits per heavy atom. The summed E-state index contributed by atoms with van der Waals surface area (Å²) in [6.45, 7) is 2.09. The number of nitrogens with two attached hydrogens (primary N) is 1. The van der Waals surface area contributed by atoms with E-state index in [0.717, 1.165) is 0 Å². The van der Waals surface area contributed by atoms with E-state index >= 15 is 0 Å². The molecule has 1 heterocycles. The molecular formula is C12H20N4O3. The molecule has 1 aromatic rings. The SMILES string of the molecule is CCc1nn(C)c(C(=O)OCCCC(=O)NC)c1N. The van der Waals surface area contributed by atoms with Crippen molar-refractivity contribution in [3.8, 4) is 0 Å². The van der Waals surface area contributed by atoms with Crippen molar-refractivity contribution in [2.24, 2.45) is 7.05 Å². The standard InChI is InChI=1S/C12H20N4O3/c1-4-8-10(13)11(16(3)15-8)12(18)19-7-5-6-9(17)14-2/h4-7,13H2,1-3H3,(H,14,17). The van der Waals surface area contributed by atoms with E-state index in [1.54, 1.807) is 14.1 Å². The van der Waals surface area contributed by atoms with E-state index in [4.69, 9.17) is 10.5 Å². The molecule has 106 valence electrons. The van der Waals surface area contributed by atoms with Crippen molar-refractivity contribution in [1.82, 2.24) is 15.1 Å². The maximum Gasteiger partial charge on any atom is 0.358 e. The molecule has 0 unspecified atom stereocenters. The lowest BCUT2D eigenvalue weighted by Crippen LogP contribution is -2.19. The quantitative estimate of drug-likeness (QED) is 0.569. The average Bonchev–Trinajstić information content (AvgIpc) is 2.68. The van der Waals surface area contributed by atoms with Gasteiger partial charge in [-0.15, -0.1) is 0 Å². The molecule has 0 radical (unpaired) electrons. The number of aromatic nitrogens is 2. The number of anilines is 1. The summed E-state index contributed by atoms with van der Waals surface area (Å²) < 4.78 is 6.51. The zero-order valence-electron chi connectivity index (χ0n) is 11.5. The van der Waals surface area contributed by atoms with Crippen molar-refractivity contribution in [3.05, 3.63) is 11.4 Å². The topological polar surface area (TPSA) is 99.2 Å². The smallest absolute Gasteiger partial charge is 0.358 e. The molecule has 1 rings (SSSR count). The van der Waals surface area contributed by atoms with Crippen molar-refractivity contribution in [1.29, 1.82) is 0 Å². The number of nitrogens with one attached hydrogen (secondary N) is 1. The summed E-state index contributed by atoms with van der Waals surface area (Å²) in [7, 11) is 3.22. The summed E-state index contributed by atoms with van der Waals surface area (Å²) in [4.78, 5) is 22.9. The van der Waals surface area contributed by atoms with Crippen LogP contribution in [0.3, 0.4) is 0 Å². The van der Waals surface area contributed by atoms with Gasteiger partial charge in [0.1, 0.15) is 0 Å². The number of aryl methyl sites for hydroxylation is 2. The highest BCUT2D eigenvalue weighted by molar-refractivity contribution is 5.93. The molecule has 1 aromatic heterocycles. The molecule has 0 saturated carbocycles. The maximum absolute atomic E-state index is 11.9. The number of carbonyl (C=O) groups is 2. The van der Waals surface area contributed by atoms with Gasteiger partial charge in [0, 0.05) is 20.5 Å². The normalized spacial score (nSPS) is 10.3. The number of amides is 1. The van der Waals surface area contributed by atoms with Crippen molar-refractivity contribution < 1.29 is 14.3 Å². The Kier molecular flexibility index (Phi) is 5.35. The molecule has 1 amide bonds. The molecule has 0 spiro atoms. The van der Waals surface area contributed by atoms with Crippen molar-refractivity contribution in [3.63, 3.8) is 0 Å². The van der Waals surface area contributed by atoms with E-state index in [1.165, 1.54) is 4.68 Å². The molecule has 0 saturated heterocycles. The number of rotatable bonds is 6. The molecule has 3 N–H and O–H groups in total. The Morgan fingerprint density at radius 2 is 2.16 bits per heavy atom. The Labute approximate surface area is 112 Å². The molecule has 0 aliphatic carbocycles. The third-order valence-corrected chi connectivity index (χ3v) is 2.75. The molecular weight excluding hydrogens is 248 g/mol. The minimum atomic E-state index is -0.510. The highest BCUT2D eigenvalue weighted by Crippen LogP contribution is 2.17. The lowest BCUT2D eigenvalue weighted by Gasteiger charge is -2.05. The van der Waals surface area contributed by atoms with Crippen LogP contribution in [0.2, 0.25) is 0 Å². The average molecular weight is 268 g/mol. The number of hydrogen-bond donors (Lipinski definition) is 2. The van der Waals surface area contributed by atoms with Crippen LogP contribution in [-0.2, 0) is 23.0 Å². The van der Waals surface area contributed by atoms with Crippen LogP contribution in [0.1, 0.15) is 35.9 Å². The Morgan fingerprint density at radius 1 is 1.47 bits per heavy atom. The first-order valence-electron chi connectivity index (χ1n) is 6.20. The molecule has 0 aliphatic rings. The first-order valence-corrected chi connectivity index (χ1v) is 6.20. The van der Waals surface area contributed by atoms with Gasteiger partial charge >= 0.3 is 5.97 Å². The summed E-state index contributed by atoms with van der Waals surface area (Å²) in [5.41, 5.74) is 7.14. The number of nitrogens with zero attached hydrogens (tertiary/aromatic N) is 2. The van der Waals surface area contributed by atoms with Gasteiger partial charge in [-0.2, -0.15) is 5.10 Å². The van der Waals surface area contributed by atoms with E-state index < -0.39 is 5.97 Å². The summed E-state index contributed by atoms with van der Waals surface area (Å²) in [6.07, 6.45) is 1.46. The van der Waals surface area contributed by atoms with E-state index in [9.17, 15) is 9.59 Å². The van der Waals surface area contributed by atoms with Crippen LogP contribution in [0, 0.1) is 0 Å². The first-order chi connectivity index (χ1) is 9.01. The number of ether oxygens (including phenoxy) is 1. The van der Waals surface area contributed by atoms with Crippen LogP contribution < -0.4 is 11.1 Å². The second-order valence-corrected chi connectivity index (χ2v) is 4.10. The van der Waals surface area contributed by atoms with E-state index in [-0.39, 0.29) is 18.2 Å². The maximum atomic E-state index is 11.9. The fourth-order valence-electron chi connectivity index (χ4n) is 1.69. The summed E-state index contributed by atoms with van der Waals surface area (Å²) in [6, 6.07) is 0.